The summed E-state index contributed by atoms with van der Waals surface area (Å²) in [6, 6.07) is 5.72. The van der Waals surface area contributed by atoms with Crippen LogP contribution in [0.5, 0.6) is 11.5 Å². The molecule has 1 fully saturated rings. The van der Waals surface area contributed by atoms with Crippen LogP contribution in [0, 0.1) is 0 Å². The fourth-order valence-electron chi connectivity index (χ4n) is 3.07. The Balaban J connectivity index is 1.71. The number of fused-ring (bicyclic) bond motifs is 1. The molecular weight excluding hydrogens is 268 g/mol. The molecule has 3 rings (SSSR count). The number of likely N-dealkylation sites (N-methyl/N-ethyl adjacent to an activating group) is 1. The number of benzene rings is 1. The highest BCUT2D eigenvalue weighted by Gasteiger charge is 2.25. The van der Waals surface area contributed by atoms with E-state index in [0.29, 0.717) is 13.2 Å². The van der Waals surface area contributed by atoms with Crippen LogP contribution in [-0.2, 0) is 0 Å². The van der Waals surface area contributed by atoms with Crippen molar-refractivity contribution in [3.63, 3.8) is 0 Å². The molecule has 1 saturated heterocycles. The summed E-state index contributed by atoms with van der Waals surface area (Å²) in [5.41, 5.74) is 0.873. The van der Waals surface area contributed by atoms with Crippen LogP contribution in [0.15, 0.2) is 18.2 Å². The van der Waals surface area contributed by atoms with Crippen molar-refractivity contribution in [2.45, 2.75) is 25.0 Å². The Kier molecular flexibility index (Phi) is 4.63. The summed E-state index contributed by atoms with van der Waals surface area (Å²) in [6.45, 7) is 4.28. The molecule has 0 radical (unpaired) electrons. The highest BCUT2D eigenvalue weighted by Crippen LogP contribution is 2.33. The number of likely N-dealkylation sites (tertiary alicyclic amines) is 1. The molecule has 2 N–H and O–H groups in total. The van der Waals surface area contributed by atoms with Crippen LogP contribution in [0.2, 0.25) is 0 Å². The SMILES string of the molecule is CNC(CN1CCCC1)C(O)c1ccc2c(c1)OCCO2. The van der Waals surface area contributed by atoms with Gasteiger partial charge in [-0.05, 0) is 50.7 Å². The molecule has 21 heavy (non-hydrogen) atoms. The zero-order chi connectivity index (χ0) is 14.7. The summed E-state index contributed by atoms with van der Waals surface area (Å²) in [5, 5.41) is 13.9. The number of hydrogen-bond acceptors (Lipinski definition) is 5. The number of ether oxygens (including phenoxy) is 2. The molecule has 2 atom stereocenters. The second kappa shape index (κ2) is 6.64. The highest BCUT2D eigenvalue weighted by molar-refractivity contribution is 5.44. The molecule has 0 aliphatic carbocycles. The minimum absolute atomic E-state index is 0.0191. The van der Waals surface area contributed by atoms with Gasteiger partial charge in [-0.15, -0.1) is 0 Å². The third-order valence-electron chi connectivity index (χ3n) is 4.31. The maximum absolute atomic E-state index is 10.7. The van der Waals surface area contributed by atoms with Crippen LogP contribution in [0.3, 0.4) is 0 Å². The van der Waals surface area contributed by atoms with E-state index in [-0.39, 0.29) is 6.04 Å². The van der Waals surface area contributed by atoms with Crippen LogP contribution in [0.4, 0.5) is 0 Å². The zero-order valence-corrected chi connectivity index (χ0v) is 12.5. The van der Waals surface area contributed by atoms with Crippen molar-refractivity contribution in [1.29, 1.82) is 0 Å². The number of nitrogens with one attached hydrogen (secondary N) is 1. The maximum Gasteiger partial charge on any atom is 0.161 e. The molecular formula is C16H24N2O3. The van der Waals surface area contributed by atoms with Gasteiger partial charge in [-0.25, -0.2) is 0 Å². The van der Waals surface area contributed by atoms with Gasteiger partial charge >= 0.3 is 0 Å². The molecule has 0 bridgehead atoms. The Labute approximate surface area is 125 Å². The Bertz CT molecular complexity index is 475. The normalized spacial score (nSPS) is 21.2. The van der Waals surface area contributed by atoms with Gasteiger partial charge in [0.15, 0.2) is 11.5 Å². The first kappa shape index (κ1) is 14.6. The predicted molar refractivity (Wildman–Crippen MR) is 80.9 cm³/mol. The van der Waals surface area contributed by atoms with Crippen LogP contribution >= 0.6 is 0 Å². The van der Waals surface area contributed by atoms with E-state index in [2.05, 4.69) is 10.2 Å². The Hall–Kier alpha value is -1.30. The van der Waals surface area contributed by atoms with E-state index < -0.39 is 6.10 Å². The van der Waals surface area contributed by atoms with Gasteiger partial charge in [-0.1, -0.05) is 6.07 Å². The second-order valence-electron chi connectivity index (χ2n) is 5.75. The van der Waals surface area contributed by atoms with Crippen LogP contribution in [0.1, 0.15) is 24.5 Å². The lowest BCUT2D eigenvalue weighted by atomic mass is 10.0. The molecule has 0 spiro atoms. The smallest absolute Gasteiger partial charge is 0.161 e. The standard InChI is InChI=1S/C16H24N2O3/c1-17-13(11-18-6-2-3-7-18)16(19)12-4-5-14-15(10-12)21-9-8-20-14/h4-5,10,13,16-17,19H,2-3,6-9,11H2,1H3. The van der Waals surface area contributed by atoms with E-state index >= 15 is 0 Å². The third-order valence-corrected chi connectivity index (χ3v) is 4.31. The minimum atomic E-state index is -0.550. The minimum Gasteiger partial charge on any atom is -0.486 e. The van der Waals surface area contributed by atoms with Crippen molar-refractivity contribution in [2.75, 3.05) is 39.9 Å². The lowest BCUT2D eigenvalue weighted by Crippen LogP contribution is -2.42. The largest absolute Gasteiger partial charge is 0.486 e. The summed E-state index contributed by atoms with van der Waals surface area (Å²) >= 11 is 0. The molecule has 1 aromatic carbocycles. The summed E-state index contributed by atoms with van der Waals surface area (Å²) in [4.78, 5) is 2.41. The predicted octanol–water partition coefficient (Wildman–Crippen LogP) is 1.17. The summed E-state index contributed by atoms with van der Waals surface area (Å²) in [5.74, 6) is 1.49. The topological polar surface area (TPSA) is 54.0 Å². The van der Waals surface area contributed by atoms with Crippen molar-refractivity contribution in [1.82, 2.24) is 10.2 Å². The van der Waals surface area contributed by atoms with E-state index in [1.165, 1.54) is 12.8 Å². The average molecular weight is 292 g/mol. The van der Waals surface area contributed by atoms with Crippen LogP contribution in [-0.4, -0.2) is 55.9 Å². The van der Waals surface area contributed by atoms with Gasteiger partial charge in [0.05, 0.1) is 6.10 Å². The monoisotopic (exact) mass is 292 g/mol. The molecule has 0 saturated carbocycles. The van der Waals surface area contributed by atoms with Crippen molar-refractivity contribution in [3.05, 3.63) is 23.8 Å². The van der Waals surface area contributed by atoms with Crippen LogP contribution in [0.25, 0.3) is 0 Å². The molecule has 2 aliphatic rings. The number of aliphatic hydroxyl groups is 1. The van der Waals surface area contributed by atoms with E-state index in [4.69, 9.17) is 9.47 Å². The Morgan fingerprint density at radius 2 is 1.90 bits per heavy atom. The molecule has 0 amide bonds. The number of hydrogen-bond donors (Lipinski definition) is 2. The molecule has 1 aromatic rings. The fourth-order valence-corrected chi connectivity index (χ4v) is 3.07. The van der Waals surface area contributed by atoms with Gasteiger partial charge in [-0.2, -0.15) is 0 Å². The average Bonchev–Trinajstić information content (AvgIpc) is 3.04. The molecule has 2 aliphatic heterocycles. The highest BCUT2D eigenvalue weighted by atomic mass is 16.6. The molecule has 2 unspecified atom stereocenters. The van der Waals surface area contributed by atoms with E-state index in [0.717, 1.165) is 36.7 Å². The molecule has 2 heterocycles. The molecule has 116 valence electrons. The van der Waals surface area contributed by atoms with Gasteiger partial charge in [0.25, 0.3) is 0 Å². The first-order chi connectivity index (χ1) is 10.3. The zero-order valence-electron chi connectivity index (χ0n) is 12.5. The van der Waals surface area contributed by atoms with Gasteiger partial charge in [0.1, 0.15) is 13.2 Å². The number of nitrogens with zero attached hydrogens (tertiary/aromatic N) is 1. The van der Waals surface area contributed by atoms with Gasteiger partial charge in [-0.3, -0.25) is 0 Å². The molecule has 0 aromatic heterocycles. The van der Waals surface area contributed by atoms with Crippen molar-refractivity contribution >= 4 is 0 Å². The quantitative estimate of drug-likeness (QED) is 0.853. The van der Waals surface area contributed by atoms with Gasteiger partial charge in [0.2, 0.25) is 0 Å². The van der Waals surface area contributed by atoms with E-state index in [1.807, 2.05) is 25.2 Å². The van der Waals surface area contributed by atoms with E-state index in [9.17, 15) is 5.11 Å². The fraction of sp³-hybridized carbons (Fsp3) is 0.625. The van der Waals surface area contributed by atoms with Crippen molar-refractivity contribution < 1.29 is 14.6 Å². The number of rotatable bonds is 5. The molecule has 5 nitrogen and oxygen atoms in total. The first-order valence-electron chi connectivity index (χ1n) is 7.75. The second-order valence-corrected chi connectivity index (χ2v) is 5.75. The lowest BCUT2D eigenvalue weighted by Gasteiger charge is -2.28. The van der Waals surface area contributed by atoms with E-state index in [1.54, 1.807) is 0 Å². The summed E-state index contributed by atoms with van der Waals surface area (Å²) in [7, 11) is 1.90. The van der Waals surface area contributed by atoms with Crippen molar-refractivity contribution in [3.8, 4) is 11.5 Å². The number of aliphatic hydroxyl groups excluding tert-OH is 1. The Morgan fingerprint density at radius 3 is 2.62 bits per heavy atom. The van der Waals surface area contributed by atoms with Crippen LogP contribution < -0.4 is 14.8 Å². The lowest BCUT2D eigenvalue weighted by molar-refractivity contribution is 0.109. The Morgan fingerprint density at radius 1 is 1.19 bits per heavy atom. The summed E-state index contributed by atoms with van der Waals surface area (Å²) < 4.78 is 11.1. The maximum atomic E-state index is 10.7. The van der Waals surface area contributed by atoms with Gasteiger partial charge < -0.3 is 24.8 Å². The first-order valence-corrected chi connectivity index (χ1v) is 7.75. The van der Waals surface area contributed by atoms with Crippen molar-refractivity contribution in [2.24, 2.45) is 0 Å². The third kappa shape index (κ3) is 3.31. The molecule has 5 heteroatoms. The summed E-state index contributed by atoms with van der Waals surface area (Å²) in [6.07, 6.45) is 1.97. The van der Waals surface area contributed by atoms with Gasteiger partial charge in [0, 0.05) is 12.6 Å².